The second kappa shape index (κ2) is 7.24. The van der Waals surface area contributed by atoms with Crippen molar-refractivity contribution in [2.75, 3.05) is 19.6 Å². The molecule has 16 heavy (non-hydrogen) atoms. The molecule has 0 heterocycles. The first kappa shape index (κ1) is 13.0. The Balaban J connectivity index is 2.10. The van der Waals surface area contributed by atoms with Crippen LogP contribution in [0.25, 0.3) is 0 Å². The SMILES string of the molecule is CC1CCCCC1CNCC(=O)NCC#N. The fourth-order valence-corrected chi connectivity index (χ4v) is 2.27. The fraction of sp³-hybridized carbons (Fsp3) is 0.833. The molecule has 2 atom stereocenters. The minimum absolute atomic E-state index is 0.0926. The molecule has 0 aromatic heterocycles. The van der Waals surface area contributed by atoms with Crippen molar-refractivity contribution in [2.24, 2.45) is 11.8 Å². The highest BCUT2D eigenvalue weighted by Gasteiger charge is 2.20. The molecule has 0 bridgehead atoms. The largest absolute Gasteiger partial charge is 0.342 e. The number of carbonyl (C=O) groups excluding carboxylic acids is 1. The van der Waals surface area contributed by atoms with E-state index >= 15 is 0 Å². The van der Waals surface area contributed by atoms with Crippen LogP contribution in [-0.2, 0) is 4.79 Å². The van der Waals surface area contributed by atoms with Gasteiger partial charge in [0.1, 0.15) is 6.54 Å². The third-order valence-corrected chi connectivity index (χ3v) is 3.35. The molecule has 0 aromatic carbocycles. The Morgan fingerprint density at radius 1 is 1.44 bits per heavy atom. The number of nitrogens with one attached hydrogen (secondary N) is 2. The van der Waals surface area contributed by atoms with Gasteiger partial charge in [0, 0.05) is 0 Å². The molecule has 4 nitrogen and oxygen atoms in total. The highest BCUT2D eigenvalue weighted by molar-refractivity contribution is 5.78. The van der Waals surface area contributed by atoms with Gasteiger partial charge in [-0.1, -0.05) is 26.2 Å². The quantitative estimate of drug-likeness (QED) is 0.684. The molecule has 0 aromatic rings. The number of hydrogen-bond acceptors (Lipinski definition) is 3. The first-order chi connectivity index (χ1) is 7.74. The van der Waals surface area contributed by atoms with E-state index in [2.05, 4.69) is 17.6 Å². The topological polar surface area (TPSA) is 64.9 Å². The van der Waals surface area contributed by atoms with Crippen molar-refractivity contribution < 1.29 is 4.79 Å². The van der Waals surface area contributed by atoms with Gasteiger partial charge in [0.15, 0.2) is 0 Å². The van der Waals surface area contributed by atoms with Gasteiger partial charge in [-0.15, -0.1) is 0 Å². The van der Waals surface area contributed by atoms with Gasteiger partial charge in [0.05, 0.1) is 12.6 Å². The van der Waals surface area contributed by atoms with E-state index in [-0.39, 0.29) is 12.5 Å². The summed E-state index contributed by atoms with van der Waals surface area (Å²) in [5.74, 6) is 1.38. The van der Waals surface area contributed by atoms with Crippen LogP contribution in [0.4, 0.5) is 0 Å². The Kier molecular flexibility index (Phi) is 5.87. The van der Waals surface area contributed by atoms with Crippen molar-refractivity contribution in [3.05, 3.63) is 0 Å². The van der Waals surface area contributed by atoms with E-state index in [1.807, 2.05) is 6.07 Å². The molecule has 0 radical (unpaired) electrons. The summed E-state index contributed by atoms with van der Waals surface area (Å²) in [6, 6.07) is 1.89. The molecule has 1 aliphatic carbocycles. The highest BCUT2D eigenvalue weighted by Crippen LogP contribution is 2.28. The van der Waals surface area contributed by atoms with Gasteiger partial charge < -0.3 is 10.6 Å². The summed E-state index contributed by atoms with van der Waals surface area (Å²) in [5.41, 5.74) is 0. The maximum Gasteiger partial charge on any atom is 0.234 e. The molecule has 1 aliphatic rings. The zero-order chi connectivity index (χ0) is 11.8. The van der Waals surface area contributed by atoms with E-state index in [1.54, 1.807) is 0 Å². The number of amides is 1. The molecule has 1 fully saturated rings. The van der Waals surface area contributed by atoms with E-state index in [4.69, 9.17) is 5.26 Å². The van der Waals surface area contributed by atoms with Crippen LogP contribution in [0.3, 0.4) is 0 Å². The van der Waals surface area contributed by atoms with E-state index in [9.17, 15) is 4.79 Å². The van der Waals surface area contributed by atoms with Gasteiger partial charge in [0.25, 0.3) is 0 Å². The molecule has 2 unspecified atom stereocenters. The van der Waals surface area contributed by atoms with Crippen LogP contribution in [0, 0.1) is 23.2 Å². The standard InChI is InChI=1S/C12H21N3O/c1-10-4-2-3-5-11(10)8-14-9-12(16)15-7-6-13/h10-11,14H,2-5,7-9H2,1H3,(H,15,16). The van der Waals surface area contributed by atoms with Crippen molar-refractivity contribution in [3.63, 3.8) is 0 Å². The Hall–Kier alpha value is -1.08. The van der Waals surface area contributed by atoms with Crippen LogP contribution in [0.5, 0.6) is 0 Å². The van der Waals surface area contributed by atoms with Gasteiger partial charge in [-0.05, 0) is 24.8 Å². The Bertz CT molecular complexity index is 259. The smallest absolute Gasteiger partial charge is 0.234 e. The summed E-state index contributed by atoms with van der Waals surface area (Å²) >= 11 is 0. The highest BCUT2D eigenvalue weighted by atomic mass is 16.1. The van der Waals surface area contributed by atoms with Crippen LogP contribution in [0.2, 0.25) is 0 Å². The molecule has 0 saturated heterocycles. The van der Waals surface area contributed by atoms with Crippen LogP contribution in [-0.4, -0.2) is 25.5 Å². The zero-order valence-corrected chi connectivity index (χ0v) is 9.96. The predicted molar refractivity (Wildman–Crippen MR) is 62.6 cm³/mol. The molecule has 1 rings (SSSR count). The molecule has 1 saturated carbocycles. The normalized spacial score (nSPS) is 24.8. The second-order valence-electron chi connectivity index (χ2n) is 4.59. The van der Waals surface area contributed by atoms with Gasteiger partial charge in [-0.3, -0.25) is 4.79 Å². The summed E-state index contributed by atoms with van der Waals surface area (Å²) in [6.45, 7) is 3.63. The number of nitriles is 1. The fourth-order valence-electron chi connectivity index (χ4n) is 2.27. The summed E-state index contributed by atoms with van der Waals surface area (Å²) in [4.78, 5) is 11.2. The van der Waals surface area contributed by atoms with Gasteiger partial charge >= 0.3 is 0 Å². The minimum atomic E-state index is -0.0926. The van der Waals surface area contributed by atoms with Crippen LogP contribution < -0.4 is 10.6 Å². The molecule has 0 aliphatic heterocycles. The van der Waals surface area contributed by atoms with Crippen LogP contribution >= 0.6 is 0 Å². The maximum absolute atomic E-state index is 11.2. The predicted octanol–water partition coefficient (Wildman–Crippen LogP) is 1.04. The second-order valence-corrected chi connectivity index (χ2v) is 4.59. The zero-order valence-electron chi connectivity index (χ0n) is 9.96. The first-order valence-electron chi connectivity index (χ1n) is 6.08. The molecule has 2 N–H and O–H groups in total. The number of nitrogens with zero attached hydrogens (tertiary/aromatic N) is 1. The summed E-state index contributed by atoms with van der Waals surface area (Å²) < 4.78 is 0. The van der Waals surface area contributed by atoms with E-state index in [1.165, 1.54) is 25.7 Å². The minimum Gasteiger partial charge on any atom is -0.342 e. The van der Waals surface area contributed by atoms with Crippen molar-refractivity contribution >= 4 is 5.91 Å². The van der Waals surface area contributed by atoms with E-state index < -0.39 is 0 Å². The van der Waals surface area contributed by atoms with E-state index in [0.29, 0.717) is 12.5 Å². The summed E-state index contributed by atoms with van der Waals surface area (Å²) in [5, 5.41) is 14.0. The number of hydrogen-bond donors (Lipinski definition) is 2. The lowest BCUT2D eigenvalue weighted by Gasteiger charge is -2.28. The molecular formula is C12H21N3O. The monoisotopic (exact) mass is 223 g/mol. The lowest BCUT2D eigenvalue weighted by molar-refractivity contribution is -0.120. The van der Waals surface area contributed by atoms with E-state index in [0.717, 1.165) is 12.5 Å². The number of rotatable bonds is 5. The number of carbonyl (C=O) groups is 1. The van der Waals surface area contributed by atoms with Gasteiger partial charge in [0.2, 0.25) is 5.91 Å². The van der Waals surface area contributed by atoms with Crippen LogP contribution in [0.1, 0.15) is 32.6 Å². The summed E-state index contributed by atoms with van der Waals surface area (Å²) in [6.07, 6.45) is 5.25. The Morgan fingerprint density at radius 3 is 2.88 bits per heavy atom. The van der Waals surface area contributed by atoms with Gasteiger partial charge in [-0.2, -0.15) is 5.26 Å². The maximum atomic E-state index is 11.2. The molecule has 0 spiro atoms. The Labute approximate surface area is 97.4 Å². The average Bonchev–Trinajstić information content (AvgIpc) is 2.29. The first-order valence-corrected chi connectivity index (χ1v) is 6.08. The molecule has 4 heteroatoms. The lowest BCUT2D eigenvalue weighted by Crippen LogP contribution is -2.37. The van der Waals surface area contributed by atoms with Gasteiger partial charge in [-0.25, -0.2) is 0 Å². The average molecular weight is 223 g/mol. The van der Waals surface area contributed by atoms with Crippen molar-refractivity contribution in [1.82, 2.24) is 10.6 Å². The third kappa shape index (κ3) is 4.63. The van der Waals surface area contributed by atoms with Crippen LogP contribution in [0.15, 0.2) is 0 Å². The van der Waals surface area contributed by atoms with Crippen molar-refractivity contribution in [2.45, 2.75) is 32.6 Å². The van der Waals surface area contributed by atoms with Crippen molar-refractivity contribution in [1.29, 1.82) is 5.26 Å². The molecule has 1 amide bonds. The molecular weight excluding hydrogens is 202 g/mol. The molecule has 90 valence electrons. The third-order valence-electron chi connectivity index (χ3n) is 3.35. The summed E-state index contributed by atoms with van der Waals surface area (Å²) in [7, 11) is 0. The Morgan fingerprint density at radius 2 is 2.19 bits per heavy atom. The lowest BCUT2D eigenvalue weighted by atomic mass is 9.80. The van der Waals surface area contributed by atoms with Crippen molar-refractivity contribution in [3.8, 4) is 6.07 Å².